The van der Waals surface area contributed by atoms with Crippen LogP contribution in [0.4, 0.5) is 13.2 Å². The van der Waals surface area contributed by atoms with Crippen molar-refractivity contribution >= 4 is 7.32 Å². The van der Waals surface area contributed by atoms with Crippen molar-refractivity contribution in [1.82, 2.24) is 0 Å². The standard InChI is InChI=1S/C14H8F3N.BH3O3/c15-14(16,17)13-7-5-12(6-8-13)11-3-1-10(9-18)2-4-11;2-1(3)4/h1-8H;2-4H. The van der Waals surface area contributed by atoms with Crippen molar-refractivity contribution in [2.45, 2.75) is 6.18 Å². The van der Waals surface area contributed by atoms with Gasteiger partial charge in [0.1, 0.15) is 0 Å². The first-order valence-corrected chi connectivity index (χ1v) is 5.96. The molecule has 0 saturated carbocycles. The van der Waals surface area contributed by atoms with Crippen LogP contribution in [0.15, 0.2) is 48.5 Å². The second-order valence-corrected chi connectivity index (χ2v) is 4.11. The molecule has 0 aliphatic heterocycles. The summed E-state index contributed by atoms with van der Waals surface area (Å²) in [6.45, 7) is 0. The SMILES string of the molecule is N#Cc1ccc(-c2ccc(C(F)(F)F)cc2)cc1.OB(O)O. The summed E-state index contributed by atoms with van der Waals surface area (Å²) < 4.78 is 37.2. The Bertz CT molecular complexity index is 632. The largest absolute Gasteiger partial charge is 0.631 e. The van der Waals surface area contributed by atoms with Gasteiger partial charge >= 0.3 is 13.5 Å². The fourth-order valence-electron chi connectivity index (χ4n) is 1.59. The molecule has 0 aliphatic carbocycles. The number of nitrogens with zero attached hydrogens (tertiary/aromatic N) is 1. The van der Waals surface area contributed by atoms with Crippen LogP contribution in [-0.4, -0.2) is 22.4 Å². The summed E-state index contributed by atoms with van der Waals surface area (Å²) in [5.41, 5.74) is 1.32. The number of hydrogen-bond acceptors (Lipinski definition) is 4. The van der Waals surface area contributed by atoms with Gasteiger partial charge in [0, 0.05) is 0 Å². The van der Waals surface area contributed by atoms with Crippen molar-refractivity contribution < 1.29 is 28.2 Å². The number of halogens is 3. The lowest BCUT2D eigenvalue weighted by Crippen LogP contribution is -2.07. The second-order valence-electron chi connectivity index (χ2n) is 4.11. The first-order valence-electron chi connectivity index (χ1n) is 5.96. The van der Waals surface area contributed by atoms with Gasteiger partial charge < -0.3 is 15.1 Å². The molecule has 3 N–H and O–H groups in total. The van der Waals surface area contributed by atoms with E-state index in [-0.39, 0.29) is 0 Å². The van der Waals surface area contributed by atoms with Gasteiger partial charge in [0.2, 0.25) is 0 Å². The van der Waals surface area contributed by atoms with E-state index in [2.05, 4.69) is 0 Å². The Labute approximate surface area is 124 Å². The zero-order valence-corrected chi connectivity index (χ0v) is 11.1. The van der Waals surface area contributed by atoms with Crippen LogP contribution in [0, 0.1) is 11.3 Å². The molecule has 2 aromatic rings. The lowest BCUT2D eigenvalue weighted by molar-refractivity contribution is -0.137. The molecule has 0 radical (unpaired) electrons. The third-order valence-electron chi connectivity index (χ3n) is 2.56. The normalized spacial score (nSPS) is 10.2. The molecule has 0 bridgehead atoms. The van der Waals surface area contributed by atoms with Crippen LogP contribution in [0.2, 0.25) is 0 Å². The lowest BCUT2D eigenvalue weighted by atomic mass is 10.0. The molecule has 0 unspecified atom stereocenters. The van der Waals surface area contributed by atoms with Crippen molar-refractivity contribution in [1.29, 1.82) is 5.26 Å². The molecule has 0 fully saturated rings. The van der Waals surface area contributed by atoms with E-state index < -0.39 is 19.1 Å². The molecule has 2 aromatic carbocycles. The van der Waals surface area contributed by atoms with E-state index in [1.54, 1.807) is 24.3 Å². The third-order valence-corrected chi connectivity index (χ3v) is 2.56. The second kappa shape index (κ2) is 7.61. The number of alkyl halides is 3. The van der Waals surface area contributed by atoms with Crippen molar-refractivity contribution in [3.05, 3.63) is 59.7 Å². The van der Waals surface area contributed by atoms with Crippen molar-refractivity contribution in [3.63, 3.8) is 0 Å². The monoisotopic (exact) mass is 309 g/mol. The highest BCUT2D eigenvalue weighted by Crippen LogP contribution is 2.30. The van der Waals surface area contributed by atoms with Crippen LogP contribution >= 0.6 is 0 Å². The van der Waals surface area contributed by atoms with Gasteiger partial charge in [-0.05, 0) is 35.4 Å². The highest BCUT2D eigenvalue weighted by Gasteiger charge is 2.29. The molecule has 0 aliphatic rings. The van der Waals surface area contributed by atoms with E-state index in [0.29, 0.717) is 11.1 Å². The summed E-state index contributed by atoms with van der Waals surface area (Å²) in [5, 5.41) is 30.1. The van der Waals surface area contributed by atoms with Gasteiger partial charge in [-0.1, -0.05) is 24.3 Å². The molecular weight excluding hydrogens is 298 g/mol. The highest BCUT2D eigenvalue weighted by atomic mass is 19.4. The molecule has 0 saturated heterocycles. The van der Waals surface area contributed by atoms with Crippen LogP contribution in [0.1, 0.15) is 11.1 Å². The molecule has 2 rings (SSSR count). The zero-order chi connectivity index (χ0) is 16.8. The van der Waals surface area contributed by atoms with E-state index in [9.17, 15) is 13.2 Å². The van der Waals surface area contributed by atoms with E-state index >= 15 is 0 Å². The topological polar surface area (TPSA) is 84.5 Å². The predicted molar refractivity (Wildman–Crippen MR) is 74.0 cm³/mol. The maximum absolute atomic E-state index is 12.4. The highest BCUT2D eigenvalue weighted by molar-refractivity contribution is 6.30. The summed E-state index contributed by atoms with van der Waals surface area (Å²) >= 11 is 0. The minimum Gasteiger partial charge on any atom is -0.402 e. The van der Waals surface area contributed by atoms with Gasteiger partial charge in [-0.2, -0.15) is 18.4 Å². The molecule has 0 aromatic heterocycles. The summed E-state index contributed by atoms with van der Waals surface area (Å²) in [6.07, 6.45) is -4.32. The Morgan fingerprint density at radius 1 is 0.818 bits per heavy atom. The molecule has 0 spiro atoms. The molecule has 0 amide bonds. The van der Waals surface area contributed by atoms with Crippen molar-refractivity contribution in [2.24, 2.45) is 0 Å². The van der Waals surface area contributed by atoms with Gasteiger partial charge in [0.05, 0.1) is 17.2 Å². The minimum absolute atomic E-state index is 0.519. The maximum Gasteiger partial charge on any atom is 0.631 e. The van der Waals surface area contributed by atoms with Crippen molar-refractivity contribution in [2.75, 3.05) is 0 Å². The van der Waals surface area contributed by atoms with Gasteiger partial charge in [0.15, 0.2) is 0 Å². The number of nitriles is 1. The fraction of sp³-hybridized carbons (Fsp3) is 0.0714. The average Bonchev–Trinajstić information content (AvgIpc) is 2.46. The van der Waals surface area contributed by atoms with E-state index in [1.807, 2.05) is 6.07 Å². The molecule has 8 heteroatoms. The summed E-state index contributed by atoms with van der Waals surface area (Å²) in [7, 11) is -2.17. The first kappa shape index (κ1) is 17.7. The van der Waals surface area contributed by atoms with Crippen LogP contribution in [0.5, 0.6) is 0 Å². The lowest BCUT2D eigenvalue weighted by Gasteiger charge is -2.07. The quantitative estimate of drug-likeness (QED) is 0.705. The van der Waals surface area contributed by atoms with Gasteiger partial charge in [-0.3, -0.25) is 0 Å². The van der Waals surface area contributed by atoms with Gasteiger partial charge in [0.25, 0.3) is 0 Å². The summed E-state index contributed by atoms with van der Waals surface area (Å²) in [4.78, 5) is 0. The van der Waals surface area contributed by atoms with Crippen LogP contribution < -0.4 is 0 Å². The number of hydrogen-bond donors (Lipinski definition) is 3. The van der Waals surface area contributed by atoms with E-state index in [4.69, 9.17) is 20.3 Å². The Kier molecular flexibility index (Phi) is 6.13. The average molecular weight is 309 g/mol. The van der Waals surface area contributed by atoms with E-state index in [1.165, 1.54) is 12.1 Å². The van der Waals surface area contributed by atoms with Crippen LogP contribution in [0.25, 0.3) is 11.1 Å². The minimum atomic E-state index is -4.32. The Hall–Kier alpha value is -2.34. The third kappa shape index (κ3) is 5.57. The molecule has 4 nitrogen and oxygen atoms in total. The number of rotatable bonds is 1. The van der Waals surface area contributed by atoms with E-state index in [0.717, 1.165) is 17.7 Å². The van der Waals surface area contributed by atoms with Gasteiger partial charge in [-0.15, -0.1) is 0 Å². The molecule has 0 atom stereocenters. The summed E-state index contributed by atoms with van der Waals surface area (Å²) in [6, 6.07) is 13.6. The molecule has 114 valence electrons. The van der Waals surface area contributed by atoms with Crippen LogP contribution in [-0.2, 0) is 6.18 Å². The Balaban J connectivity index is 0.000000541. The zero-order valence-electron chi connectivity index (χ0n) is 11.1. The molecular formula is C14H11BF3NO3. The smallest absolute Gasteiger partial charge is 0.402 e. The van der Waals surface area contributed by atoms with Gasteiger partial charge in [-0.25, -0.2) is 0 Å². The molecule has 0 heterocycles. The Morgan fingerprint density at radius 3 is 1.50 bits per heavy atom. The molecule has 22 heavy (non-hydrogen) atoms. The predicted octanol–water partition coefficient (Wildman–Crippen LogP) is 2.19. The number of benzene rings is 2. The summed E-state index contributed by atoms with van der Waals surface area (Å²) in [5.74, 6) is 0. The fourth-order valence-corrected chi connectivity index (χ4v) is 1.59. The maximum atomic E-state index is 12.4. The Morgan fingerprint density at radius 2 is 1.18 bits per heavy atom. The first-order chi connectivity index (χ1) is 10.2. The van der Waals surface area contributed by atoms with Crippen LogP contribution in [0.3, 0.4) is 0 Å². The van der Waals surface area contributed by atoms with Crippen molar-refractivity contribution in [3.8, 4) is 17.2 Å².